The summed E-state index contributed by atoms with van der Waals surface area (Å²) in [6.07, 6.45) is 9.66. The van der Waals surface area contributed by atoms with Crippen molar-refractivity contribution in [2.75, 3.05) is 6.61 Å². The summed E-state index contributed by atoms with van der Waals surface area (Å²) in [6, 6.07) is -0.930. The van der Waals surface area contributed by atoms with Crippen molar-refractivity contribution in [1.82, 2.24) is 5.32 Å². The van der Waals surface area contributed by atoms with Gasteiger partial charge in [-0.1, -0.05) is 38.4 Å². The Morgan fingerprint density at radius 1 is 1.11 bits per heavy atom. The molecule has 0 radical (unpaired) electrons. The average molecular weight is 517 g/mol. The van der Waals surface area contributed by atoms with E-state index in [1.807, 2.05) is 13.8 Å². The third-order valence-corrected chi connectivity index (χ3v) is 10.4. The van der Waals surface area contributed by atoms with Gasteiger partial charge in [0, 0.05) is 5.41 Å². The molecule has 4 rings (SSSR count). The SMILES string of the molecule is CC(=O)[C@@]1(O)CC[C@H]2[C@@H]3CCC4=C/C(=N/OCC(=O)N[C@H](CC(C)C)C(=O)O)CC[C@]4(C)[C@H]3CC[C@@]21C. The quantitative estimate of drug-likeness (QED) is 0.414. The molecule has 1 amide bonds. The number of hydrogen-bond donors (Lipinski definition) is 3. The fourth-order valence-corrected chi connectivity index (χ4v) is 8.34. The molecular weight excluding hydrogens is 472 g/mol. The van der Waals surface area contributed by atoms with Gasteiger partial charge < -0.3 is 20.4 Å². The van der Waals surface area contributed by atoms with Crippen LogP contribution in [0.25, 0.3) is 0 Å². The number of fused-ring (bicyclic) bond motifs is 5. The number of aliphatic carboxylic acids is 1. The van der Waals surface area contributed by atoms with Crippen molar-refractivity contribution >= 4 is 23.4 Å². The van der Waals surface area contributed by atoms with Crippen LogP contribution in [0.2, 0.25) is 0 Å². The van der Waals surface area contributed by atoms with Crippen LogP contribution in [-0.4, -0.2) is 51.8 Å². The van der Waals surface area contributed by atoms with Gasteiger partial charge in [0.05, 0.1) is 5.71 Å². The van der Waals surface area contributed by atoms with Gasteiger partial charge in [-0.2, -0.15) is 0 Å². The molecule has 0 aromatic carbocycles. The minimum absolute atomic E-state index is 0.0725. The molecule has 0 spiro atoms. The van der Waals surface area contributed by atoms with Crippen LogP contribution in [0.1, 0.15) is 92.4 Å². The lowest BCUT2D eigenvalue weighted by Crippen LogP contribution is -2.57. The second-order valence-electron chi connectivity index (χ2n) is 12.9. The first-order valence-electron chi connectivity index (χ1n) is 14.0. The second kappa shape index (κ2) is 10.2. The number of carbonyl (C=O) groups is 3. The Morgan fingerprint density at radius 2 is 1.81 bits per heavy atom. The van der Waals surface area contributed by atoms with Crippen LogP contribution in [0.15, 0.2) is 16.8 Å². The molecule has 0 saturated heterocycles. The maximum atomic E-state index is 12.4. The lowest BCUT2D eigenvalue weighted by molar-refractivity contribution is -0.159. The minimum Gasteiger partial charge on any atom is -0.480 e. The van der Waals surface area contributed by atoms with Crippen molar-refractivity contribution in [2.45, 2.75) is 104 Å². The van der Waals surface area contributed by atoms with E-state index in [0.717, 1.165) is 50.7 Å². The number of carbonyl (C=O) groups excluding carboxylic acids is 2. The number of allylic oxidation sites excluding steroid dienone is 2. The number of oxime groups is 1. The summed E-state index contributed by atoms with van der Waals surface area (Å²) >= 11 is 0. The van der Waals surface area contributed by atoms with E-state index in [1.54, 1.807) is 6.92 Å². The Balaban J connectivity index is 1.40. The molecule has 0 aromatic heterocycles. The molecule has 206 valence electrons. The molecule has 8 heteroatoms. The van der Waals surface area contributed by atoms with Gasteiger partial charge >= 0.3 is 5.97 Å². The highest BCUT2D eigenvalue weighted by atomic mass is 16.6. The van der Waals surface area contributed by atoms with Gasteiger partial charge in [-0.3, -0.25) is 9.59 Å². The fourth-order valence-electron chi connectivity index (χ4n) is 8.34. The molecule has 4 aliphatic carbocycles. The molecule has 8 nitrogen and oxygen atoms in total. The first-order valence-corrected chi connectivity index (χ1v) is 14.0. The number of hydrogen-bond acceptors (Lipinski definition) is 6. The van der Waals surface area contributed by atoms with Crippen LogP contribution in [0.5, 0.6) is 0 Å². The largest absolute Gasteiger partial charge is 0.480 e. The number of carboxylic acid groups (broad SMARTS) is 1. The van der Waals surface area contributed by atoms with Gasteiger partial charge in [0.2, 0.25) is 0 Å². The Morgan fingerprint density at radius 3 is 2.46 bits per heavy atom. The summed E-state index contributed by atoms with van der Waals surface area (Å²) < 4.78 is 0. The van der Waals surface area contributed by atoms with Crippen molar-refractivity contribution in [3.63, 3.8) is 0 Å². The Kier molecular flexibility index (Phi) is 7.63. The van der Waals surface area contributed by atoms with E-state index in [4.69, 9.17) is 4.84 Å². The van der Waals surface area contributed by atoms with Crippen molar-refractivity contribution in [1.29, 1.82) is 0 Å². The summed E-state index contributed by atoms with van der Waals surface area (Å²) in [5, 5.41) is 27.4. The van der Waals surface area contributed by atoms with E-state index in [2.05, 4.69) is 30.4 Å². The van der Waals surface area contributed by atoms with Crippen LogP contribution in [0.4, 0.5) is 0 Å². The second-order valence-corrected chi connectivity index (χ2v) is 12.9. The van der Waals surface area contributed by atoms with Crippen molar-refractivity contribution < 1.29 is 29.4 Å². The maximum absolute atomic E-state index is 12.4. The number of Topliss-reactive ketones (excluding diaryl/α,β-unsaturated/α-hetero) is 1. The lowest BCUT2D eigenvalue weighted by atomic mass is 9.46. The molecule has 3 saturated carbocycles. The lowest BCUT2D eigenvalue weighted by Gasteiger charge is -2.59. The van der Waals surface area contributed by atoms with Gasteiger partial charge in [-0.15, -0.1) is 0 Å². The third-order valence-electron chi connectivity index (χ3n) is 10.4. The van der Waals surface area contributed by atoms with E-state index in [0.29, 0.717) is 30.6 Å². The molecule has 7 atom stereocenters. The zero-order valence-electron chi connectivity index (χ0n) is 23.0. The first kappa shape index (κ1) is 27.8. The van der Waals surface area contributed by atoms with Crippen molar-refractivity contribution in [3.8, 4) is 0 Å². The zero-order valence-corrected chi connectivity index (χ0v) is 23.0. The predicted octanol–water partition coefficient (Wildman–Crippen LogP) is 4.26. The van der Waals surface area contributed by atoms with Crippen LogP contribution < -0.4 is 5.32 Å². The van der Waals surface area contributed by atoms with Crippen molar-refractivity contribution in [2.24, 2.45) is 39.7 Å². The minimum atomic E-state index is -1.19. The topological polar surface area (TPSA) is 125 Å². The summed E-state index contributed by atoms with van der Waals surface area (Å²) in [5.41, 5.74) is 0.765. The molecule has 0 heterocycles. The van der Waals surface area contributed by atoms with Gasteiger partial charge in [0.15, 0.2) is 12.4 Å². The predicted molar refractivity (Wildman–Crippen MR) is 140 cm³/mol. The van der Waals surface area contributed by atoms with Crippen LogP contribution in [0, 0.1) is 34.5 Å². The van der Waals surface area contributed by atoms with Gasteiger partial charge in [0.25, 0.3) is 5.91 Å². The van der Waals surface area contributed by atoms with E-state index in [-0.39, 0.29) is 29.1 Å². The number of amides is 1. The Hall–Kier alpha value is -2.22. The smallest absolute Gasteiger partial charge is 0.326 e. The number of carboxylic acids is 1. The van der Waals surface area contributed by atoms with E-state index in [9.17, 15) is 24.6 Å². The molecule has 0 bridgehead atoms. The summed E-state index contributed by atoms with van der Waals surface area (Å²) in [4.78, 5) is 41.3. The van der Waals surface area contributed by atoms with Crippen LogP contribution in [0.3, 0.4) is 0 Å². The number of aliphatic hydroxyl groups is 1. The van der Waals surface area contributed by atoms with Crippen LogP contribution in [-0.2, 0) is 19.2 Å². The standard InChI is InChI=1S/C29H44N2O6/c1-17(2)14-24(26(34)35)30-25(33)16-37-31-20-8-11-27(4)19(15-20)6-7-21-22(27)9-12-28(5)23(21)10-13-29(28,36)18(3)32/h15,17,21-24,36H,6-14,16H2,1-5H3,(H,30,33)(H,34,35)/b31-20+/t21-,22+,23+,24-,27+,28+,29+/m1/s1. The average Bonchev–Trinajstić information content (AvgIpc) is 3.10. The number of nitrogens with zero attached hydrogens (tertiary/aromatic N) is 1. The number of nitrogens with one attached hydrogen (secondary N) is 1. The highest BCUT2D eigenvalue weighted by Gasteiger charge is 2.65. The summed E-state index contributed by atoms with van der Waals surface area (Å²) in [5.74, 6) is -0.0502. The Bertz CT molecular complexity index is 1000. The molecular formula is C29H44N2O6. The first-order chi connectivity index (χ1) is 17.3. The van der Waals surface area contributed by atoms with E-state index >= 15 is 0 Å². The van der Waals surface area contributed by atoms with Crippen molar-refractivity contribution in [3.05, 3.63) is 11.6 Å². The third kappa shape index (κ3) is 4.86. The fraction of sp³-hybridized carbons (Fsp3) is 0.793. The van der Waals surface area contributed by atoms with Crippen LogP contribution >= 0.6 is 0 Å². The highest BCUT2D eigenvalue weighted by Crippen LogP contribution is 2.67. The molecule has 0 aromatic rings. The van der Waals surface area contributed by atoms with E-state index < -0.39 is 23.5 Å². The number of ketones is 1. The van der Waals surface area contributed by atoms with Gasteiger partial charge in [0.1, 0.15) is 11.6 Å². The molecule has 3 fully saturated rings. The number of rotatable bonds is 8. The zero-order chi connectivity index (χ0) is 27.2. The Labute approximate surface area is 220 Å². The van der Waals surface area contributed by atoms with Gasteiger partial charge in [-0.05, 0) is 99.9 Å². The molecule has 37 heavy (non-hydrogen) atoms. The highest BCUT2D eigenvalue weighted by molar-refractivity contribution is 5.96. The maximum Gasteiger partial charge on any atom is 0.326 e. The molecule has 3 N–H and O–H groups in total. The monoisotopic (exact) mass is 516 g/mol. The molecule has 0 aliphatic heterocycles. The normalized spacial score (nSPS) is 38.7. The summed E-state index contributed by atoms with van der Waals surface area (Å²) in [7, 11) is 0. The molecule has 0 unspecified atom stereocenters. The van der Waals surface area contributed by atoms with Gasteiger partial charge in [-0.25, -0.2) is 4.79 Å². The summed E-state index contributed by atoms with van der Waals surface area (Å²) in [6.45, 7) is 9.58. The molecule has 4 aliphatic rings. The van der Waals surface area contributed by atoms with E-state index in [1.165, 1.54) is 5.57 Å².